The number of benzene rings is 2. The van der Waals surface area contributed by atoms with Crippen molar-refractivity contribution < 1.29 is 18.3 Å². The highest BCUT2D eigenvalue weighted by Gasteiger charge is 2.29. The van der Waals surface area contributed by atoms with E-state index in [1.807, 2.05) is 6.92 Å². The maximum absolute atomic E-state index is 13.0. The molecule has 2 N–H and O–H groups in total. The first-order valence-electron chi connectivity index (χ1n) is 9.48. The first kappa shape index (κ1) is 20.4. The molecule has 1 fully saturated rings. The van der Waals surface area contributed by atoms with Crippen molar-refractivity contribution in [2.24, 2.45) is 0 Å². The van der Waals surface area contributed by atoms with Gasteiger partial charge in [-0.3, -0.25) is 4.79 Å². The van der Waals surface area contributed by atoms with Crippen LogP contribution in [-0.4, -0.2) is 36.8 Å². The number of anilines is 1. The van der Waals surface area contributed by atoms with Gasteiger partial charge in [-0.1, -0.05) is 31.4 Å². The molecule has 0 aliphatic heterocycles. The molecule has 7 heteroatoms. The first-order chi connectivity index (χ1) is 13.3. The largest absolute Gasteiger partial charge is 0.506 e. The summed E-state index contributed by atoms with van der Waals surface area (Å²) in [4.78, 5) is 12.7. The van der Waals surface area contributed by atoms with Crippen molar-refractivity contribution in [3.05, 3.63) is 53.6 Å². The van der Waals surface area contributed by atoms with E-state index in [0.717, 1.165) is 37.7 Å². The maximum Gasteiger partial charge on any atom is 0.255 e. The van der Waals surface area contributed by atoms with Crippen molar-refractivity contribution >= 4 is 21.6 Å². The van der Waals surface area contributed by atoms with E-state index >= 15 is 0 Å². The number of phenols is 1. The number of aromatic hydroxyl groups is 1. The molecule has 0 radical (unpaired) electrons. The van der Waals surface area contributed by atoms with Crippen LogP contribution < -0.4 is 5.32 Å². The third kappa shape index (κ3) is 4.36. The highest BCUT2D eigenvalue weighted by molar-refractivity contribution is 7.89. The molecule has 6 nitrogen and oxygen atoms in total. The second-order valence-corrected chi connectivity index (χ2v) is 9.31. The summed E-state index contributed by atoms with van der Waals surface area (Å²) in [7, 11) is -2.06. The number of amides is 1. The number of nitrogens with one attached hydrogen (secondary N) is 1. The molecule has 1 aliphatic carbocycles. The van der Waals surface area contributed by atoms with Crippen molar-refractivity contribution in [1.82, 2.24) is 4.31 Å². The Hall–Kier alpha value is -2.38. The predicted molar refractivity (Wildman–Crippen MR) is 109 cm³/mol. The summed E-state index contributed by atoms with van der Waals surface area (Å²) in [6, 6.07) is 10.9. The number of nitrogens with zero attached hydrogens (tertiary/aromatic N) is 1. The number of hydrogen-bond donors (Lipinski definition) is 2. The average molecular weight is 403 g/mol. The minimum atomic E-state index is -3.68. The molecule has 0 saturated heterocycles. The SMILES string of the molecule is Cc1ccc(NC(=O)c2cccc(S(=O)(=O)N(C)C3CCCCC3)c2)c(O)c1. The maximum atomic E-state index is 13.0. The standard InChI is InChI=1S/C21H26N2O4S/c1-15-11-12-19(20(24)13-15)22-21(25)16-7-6-10-18(14-16)28(26,27)23(2)17-8-4-3-5-9-17/h6-7,10-14,17,24H,3-5,8-9H2,1-2H3,(H,22,25). The summed E-state index contributed by atoms with van der Waals surface area (Å²) in [5, 5.41) is 12.6. The molecule has 0 unspecified atom stereocenters. The fraction of sp³-hybridized carbons (Fsp3) is 0.381. The zero-order valence-corrected chi connectivity index (χ0v) is 17.0. The Kier molecular flexibility index (Phi) is 6.05. The zero-order valence-electron chi connectivity index (χ0n) is 16.2. The molecule has 0 heterocycles. The molecule has 2 aromatic carbocycles. The molecule has 28 heavy (non-hydrogen) atoms. The van der Waals surface area contributed by atoms with Gasteiger partial charge in [-0.05, 0) is 55.7 Å². The quantitative estimate of drug-likeness (QED) is 0.743. The minimum Gasteiger partial charge on any atom is -0.506 e. The van der Waals surface area contributed by atoms with Gasteiger partial charge in [0.25, 0.3) is 5.91 Å². The van der Waals surface area contributed by atoms with Gasteiger partial charge in [0.1, 0.15) is 5.75 Å². The summed E-state index contributed by atoms with van der Waals surface area (Å²) in [5.74, 6) is -0.509. The van der Waals surface area contributed by atoms with Crippen LogP contribution in [0.3, 0.4) is 0 Å². The zero-order chi connectivity index (χ0) is 20.3. The van der Waals surface area contributed by atoms with Crippen molar-refractivity contribution in [2.75, 3.05) is 12.4 Å². The number of aryl methyl sites for hydroxylation is 1. The van der Waals surface area contributed by atoms with Crippen LogP contribution in [0.2, 0.25) is 0 Å². The summed E-state index contributed by atoms with van der Waals surface area (Å²) < 4.78 is 27.5. The summed E-state index contributed by atoms with van der Waals surface area (Å²) in [5.41, 5.74) is 1.37. The minimum absolute atomic E-state index is 0.000683. The Balaban J connectivity index is 1.81. The Labute approximate surface area is 166 Å². The first-order valence-corrected chi connectivity index (χ1v) is 10.9. The second kappa shape index (κ2) is 8.32. The van der Waals surface area contributed by atoms with E-state index in [4.69, 9.17) is 0 Å². The van der Waals surface area contributed by atoms with E-state index in [1.54, 1.807) is 37.4 Å². The summed E-state index contributed by atoms with van der Waals surface area (Å²) >= 11 is 0. The molecule has 2 aromatic rings. The second-order valence-electron chi connectivity index (χ2n) is 7.32. The monoisotopic (exact) mass is 402 g/mol. The summed E-state index contributed by atoms with van der Waals surface area (Å²) in [6.45, 7) is 1.84. The van der Waals surface area contributed by atoms with E-state index in [-0.39, 0.29) is 27.9 Å². The van der Waals surface area contributed by atoms with Crippen LogP contribution in [0.15, 0.2) is 47.4 Å². The van der Waals surface area contributed by atoms with Gasteiger partial charge in [0.05, 0.1) is 10.6 Å². The molecular weight excluding hydrogens is 376 g/mol. The lowest BCUT2D eigenvalue weighted by Gasteiger charge is -2.30. The predicted octanol–water partition coefficient (Wildman–Crippen LogP) is 3.91. The Bertz CT molecular complexity index is 966. The fourth-order valence-electron chi connectivity index (χ4n) is 3.55. The highest BCUT2D eigenvalue weighted by Crippen LogP contribution is 2.28. The molecule has 1 aliphatic rings. The molecular formula is C21H26N2O4S. The third-order valence-electron chi connectivity index (χ3n) is 5.26. The van der Waals surface area contributed by atoms with Crippen LogP contribution in [0, 0.1) is 6.92 Å². The lowest BCUT2D eigenvalue weighted by atomic mass is 9.96. The van der Waals surface area contributed by atoms with Crippen LogP contribution in [0.5, 0.6) is 5.75 Å². The van der Waals surface area contributed by atoms with Gasteiger partial charge in [0.2, 0.25) is 10.0 Å². The van der Waals surface area contributed by atoms with E-state index in [9.17, 15) is 18.3 Å². The van der Waals surface area contributed by atoms with Gasteiger partial charge in [-0.15, -0.1) is 0 Å². The smallest absolute Gasteiger partial charge is 0.255 e. The number of sulfonamides is 1. The van der Waals surface area contributed by atoms with Gasteiger partial charge in [-0.2, -0.15) is 4.31 Å². The van der Waals surface area contributed by atoms with E-state index in [2.05, 4.69) is 5.32 Å². The van der Waals surface area contributed by atoms with Crippen molar-refractivity contribution in [1.29, 1.82) is 0 Å². The van der Waals surface area contributed by atoms with Crippen LogP contribution in [0.4, 0.5) is 5.69 Å². The average Bonchev–Trinajstić information content (AvgIpc) is 2.70. The molecule has 1 amide bonds. The number of carbonyl (C=O) groups is 1. The third-order valence-corrected chi connectivity index (χ3v) is 7.17. The molecule has 150 valence electrons. The molecule has 3 rings (SSSR count). The number of phenolic OH excluding ortho intramolecular Hbond substituents is 1. The Morgan fingerprint density at radius 2 is 1.82 bits per heavy atom. The van der Waals surface area contributed by atoms with Gasteiger partial charge in [-0.25, -0.2) is 8.42 Å². The molecule has 0 spiro atoms. The lowest BCUT2D eigenvalue weighted by molar-refractivity contribution is 0.102. The van der Waals surface area contributed by atoms with E-state index in [0.29, 0.717) is 0 Å². The molecule has 0 bridgehead atoms. The molecule has 0 atom stereocenters. The fourth-order valence-corrected chi connectivity index (χ4v) is 5.01. The van der Waals surface area contributed by atoms with Crippen molar-refractivity contribution in [3.63, 3.8) is 0 Å². The van der Waals surface area contributed by atoms with Gasteiger partial charge in [0.15, 0.2) is 0 Å². The van der Waals surface area contributed by atoms with Crippen molar-refractivity contribution in [3.8, 4) is 5.75 Å². The molecule has 1 saturated carbocycles. The Morgan fingerprint density at radius 1 is 1.11 bits per heavy atom. The van der Waals surface area contributed by atoms with E-state index in [1.165, 1.54) is 16.4 Å². The van der Waals surface area contributed by atoms with Crippen LogP contribution in [0.25, 0.3) is 0 Å². The molecule has 0 aromatic heterocycles. The van der Waals surface area contributed by atoms with Gasteiger partial charge < -0.3 is 10.4 Å². The number of hydrogen-bond acceptors (Lipinski definition) is 4. The van der Waals surface area contributed by atoms with Crippen molar-refractivity contribution in [2.45, 2.75) is 50.0 Å². The van der Waals surface area contributed by atoms with E-state index < -0.39 is 15.9 Å². The van der Waals surface area contributed by atoms with Gasteiger partial charge in [0, 0.05) is 18.7 Å². The highest BCUT2D eigenvalue weighted by atomic mass is 32.2. The van der Waals surface area contributed by atoms with Crippen LogP contribution in [0.1, 0.15) is 48.0 Å². The topological polar surface area (TPSA) is 86.7 Å². The van der Waals surface area contributed by atoms with Crippen LogP contribution >= 0.6 is 0 Å². The lowest BCUT2D eigenvalue weighted by Crippen LogP contribution is -2.38. The number of rotatable bonds is 5. The normalized spacial score (nSPS) is 15.5. The van der Waals surface area contributed by atoms with Crippen LogP contribution in [-0.2, 0) is 10.0 Å². The summed E-state index contributed by atoms with van der Waals surface area (Å²) in [6.07, 6.45) is 4.94. The Morgan fingerprint density at radius 3 is 2.50 bits per heavy atom. The van der Waals surface area contributed by atoms with Gasteiger partial charge >= 0.3 is 0 Å². The number of carbonyl (C=O) groups excluding carboxylic acids is 1.